The molecule has 0 radical (unpaired) electrons. The fourth-order valence-electron chi connectivity index (χ4n) is 3.65. The van der Waals surface area contributed by atoms with Gasteiger partial charge in [0.15, 0.2) is 0 Å². The topological polar surface area (TPSA) is 87.7 Å². The summed E-state index contributed by atoms with van der Waals surface area (Å²) in [7, 11) is 0. The van der Waals surface area contributed by atoms with Crippen LogP contribution in [0.5, 0.6) is 5.75 Å². The highest BCUT2D eigenvalue weighted by Gasteiger charge is 2.36. The van der Waals surface area contributed by atoms with Crippen LogP contribution >= 0.6 is 0 Å². The number of nitrogens with zero attached hydrogens (tertiary/aromatic N) is 1. The van der Waals surface area contributed by atoms with Crippen LogP contribution in [0.4, 0.5) is 18.9 Å². The minimum atomic E-state index is -4.48. The van der Waals surface area contributed by atoms with E-state index in [1.807, 2.05) is 11.4 Å². The van der Waals surface area contributed by atoms with Crippen molar-refractivity contribution in [2.45, 2.75) is 50.7 Å². The van der Waals surface area contributed by atoms with Crippen LogP contribution in [0, 0.1) is 0 Å². The highest BCUT2D eigenvalue weighted by Crippen LogP contribution is 2.27. The third-order valence-corrected chi connectivity index (χ3v) is 5.11. The molecule has 0 aliphatic carbocycles. The third-order valence-electron chi connectivity index (χ3n) is 5.11. The number of ether oxygens (including phenoxy) is 1. The van der Waals surface area contributed by atoms with E-state index in [9.17, 15) is 27.6 Å². The molecule has 2 aliphatic heterocycles. The molecule has 1 aromatic rings. The Hall–Kier alpha value is -2.78. The Labute approximate surface area is 171 Å². The second-order valence-corrected chi connectivity index (χ2v) is 7.40. The molecule has 1 atom stereocenters. The van der Waals surface area contributed by atoms with Crippen LogP contribution in [0.25, 0.3) is 0 Å². The highest BCUT2D eigenvalue weighted by atomic mass is 19.4. The van der Waals surface area contributed by atoms with Crippen molar-refractivity contribution in [1.29, 1.82) is 0 Å². The van der Waals surface area contributed by atoms with Gasteiger partial charge in [0.2, 0.25) is 17.7 Å². The number of carbonyl (C=O) groups is 3. The largest absolute Gasteiger partial charge is 0.494 e. The average Bonchev–Trinajstić information content (AvgIpc) is 3.19. The zero-order valence-corrected chi connectivity index (χ0v) is 16.4. The SMILES string of the molecule is O=C1CCc2cc(OCCCC(=O)N3CCCC3C(=O)NCC(F)(F)F)ccc2N1. The Morgan fingerprint density at radius 1 is 1.27 bits per heavy atom. The third kappa shape index (κ3) is 5.87. The van der Waals surface area contributed by atoms with Crippen LogP contribution in [-0.4, -0.2) is 54.5 Å². The van der Waals surface area contributed by atoms with Crippen molar-refractivity contribution in [3.63, 3.8) is 0 Å². The lowest BCUT2D eigenvalue weighted by atomic mass is 10.0. The number of benzene rings is 1. The van der Waals surface area contributed by atoms with Gasteiger partial charge in [-0.25, -0.2) is 0 Å². The first-order valence-electron chi connectivity index (χ1n) is 9.92. The van der Waals surface area contributed by atoms with E-state index in [1.165, 1.54) is 4.90 Å². The molecule has 3 rings (SSSR count). The Bertz CT molecular complexity index is 813. The van der Waals surface area contributed by atoms with Crippen molar-refractivity contribution in [2.24, 2.45) is 0 Å². The van der Waals surface area contributed by atoms with Gasteiger partial charge in [0.25, 0.3) is 0 Å². The molecular formula is C20H24F3N3O4. The number of carbonyl (C=O) groups excluding carboxylic acids is 3. The molecule has 2 aliphatic rings. The van der Waals surface area contributed by atoms with Crippen molar-refractivity contribution in [1.82, 2.24) is 10.2 Å². The molecule has 10 heteroatoms. The summed E-state index contributed by atoms with van der Waals surface area (Å²) in [4.78, 5) is 37.2. The second-order valence-electron chi connectivity index (χ2n) is 7.40. The molecule has 0 aromatic heterocycles. The molecule has 1 saturated heterocycles. The van der Waals surface area contributed by atoms with E-state index in [4.69, 9.17) is 4.74 Å². The Kier molecular flexibility index (Phi) is 6.84. The molecule has 0 saturated carbocycles. The van der Waals surface area contributed by atoms with Gasteiger partial charge in [0.1, 0.15) is 18.3 Å². The number of nitrogens with one attached hydrogen (secondary N) is 2. The zero-order valence-electron chi connectivity index (χ0n) is 16.4. The number of fused-ring (bicyclic) bond motifs is 1. The van der Waals surface area contributed by atoms with Gasteiger partial charge >= 0.3 is 6.18 Å². The number of hydrogen-bond acceptors (Lipinski definition) is 4. The molecule has 3 amide bonds. The molecule has 1 unspecified atom stereocenters. The minimum absolute atomic E-state index is 0.0121. The Morgan fingerprint density at radius 3 is 2.83 bits per heavy atom. The predicted molar refractivity (Wildman–Crippen MR) is 102 cm³/mol. The maximum absolute atomic E-state index is 12.4. The van der Waals surface area contributed by atoms with E-state index in [0.717, 1.165) is 11.3 Å². The molecule has 30 heavy (non-hydrogen) atoms. The first kappa shape index (κ1) is 21.9. The summed E-state index contributed by atoms with van der Waals surface area (Å²) in [5, 5.41) is 4.65. The van der Waals surface area contributed by atoms with Crippen LogP contribution < -0.4 is 15.4 Å². The van der Waals surface area contributed by atoms with Crippen molar-refractivity contribution in [3.8, 4) is 5.75 Å². The Morgan fingerprint density at radius 2 is 2.07 bits per heavy atom. The lowest BCUT2D eigenvalue weighted by molar-refractivity contribution is -0.144. The fourth-order valence-corrected chi connectivity index (χ4v) is 3.65. The minimum Gasteiger partial charge on any atom is -0.494 e. The first-order chi connectivity index (χ1) is 14.2. The molecule has 2 N–H and O–H groups in total. The summed E-state index contributed by atoms with van der Waals surface area (Å²) in [5.74, 6) is -0.406. The van der Waals surface area contributed by atoms with Gasteiger partial charge in [-0.05, 0) is 49.4 Å². The molecule has 164 valence electrons. The number of amides is 3. The van der Waals surface area contributed by atoms with Gasteiger partial charge in [-0.15, -0.1) is 0 Å². The lowest BCUT2D eigenvalue weighted by Crippen LogP contribution is -2.48. The van der Waals surface area contributed by atoms with Crippen molar-refractivity contribution in [2.75, 3.05) is 25.0 Å². The van der Waals surface area contributed by atoms with Gasteiger partial charge in [-0.1, -0.05) is 0 Å². The van der Waals surface area contributed by atoms with Crippen LogP contribution in [0.15, 0.2) is 18.2 Å². The number of likely N-dealkylation sites (tertiary alicyclic amines) is 1. The van der Waals surface area contributed by atoms with Gasteiger partial charge in [0, 0.05) is 25.1 Å². The fraction of sp³-hybridized carbons (Fsp3) is 0.550. The molecular weight excluding hydrogens is 403 g/mol. The molecule has 1 fully saturated rings. The molecule has 1 aromatic carbocycles. The summed E-state index contributed by atoms with van der Waals surface area (Å²) in [6.07, 6.45) is -1.91. The lowest BCUT2D eigenvalue weighted by Gasteiger charge is -2.24. The van der Waals surface area contributed by atoms with E-state index in [-0.39, 0.29) is 24.8 Å². The molecule has 0 bridgehead atoms. The van der Waals surface area contributed by atoms with E-state index in [1.54, 1.807) is 12.1 Å². The van der Waals surface area contributed by atoms with Gasteiger partial charge in [0.05, 0.1) is 6.61 Å². The zero-order chi connectivity index (χ0) is 21.7. The number of rotatable bonds is 7. The van der Waals surface area contributed by atoms with Crippen molar-refractivity contribution >= 4 is 23.4 Å². The van der Waals surface area contributed by atoms with Gasteiger partial charge in [-0.2, -0.15) is 13.2 Å². The maximum atomic E-state index is 12.4. The van der Waals surface area contributed by atoms with Crippen LogP contribution in [0.1, 0.15) is 37.7 Å². The second kappa shape index (κ2) is 9.36. The van der Waals surface area contributed by atoms with Crippen LogP contribution in [0.2, 0.25) is 0 Å². The first-order valence-corrected chi connectivity index (χ1v) is 9.92. The predicted octanol–water partition coefficient (Wildman–Crippen LogP) is 2.40. The number of hydrogen-bond donors (Lipinski definition) is 2. The number of anilines is 1. The van der Waals surface area contributed by atoms with E-state index in [2.05, 4.69) is 5.32 Å². The Balaban J connectivity index is 1.43. The van der Waals surface area contributed by atoms with Crippen LogP contribution in [-0.2, 0) is 20.8 Å². The number of alkyl halides is 3. The normalized spacial score (nSPS) is 18.6. The number of halogens is 3. The standard InChI is InChI=1S/C20H24F3N3O4/c21-20(22,23)12-24-19(29)16-3-1-9-26(16)18(28)4-2-10-30-14-6-7-15-13(11-14)5-8-17(27)25-15/h6-7,11,16H,1-5,8-10,12H2,(H,24,29)(H,25,27). The van der Waals surface area contributed by atoms with Crippen LogP contribution in [0.3, 0.4) is 0 Å². The highest BCUT2D eigenvalue weighted by molar-refractivity contribution is 5.94. The van der Waals surface area contributed by atoms with E-state index < -0.39 is 24.7 Å². The summed E-state index contributed by atoms with van der Waals surface area (Å²) in [5.41, 5.74) is 1.77. The molecule has 7 nitrogen and oxygen atoms in total. The number of aryl methyl sites for hydroxylation is 1. The quantitative estimate of drug-likeness (QED) is 0.655. The summed E-state index contributed by atoms with van der Waals surface area (Å²) in [6.45, 7) is -0.751. The molecule has 0 spiro atoms. The molecule has 2 heterocycles. The smallest absolute Gasteiger partial charge is 0.405 e. The average molecular weight is 427 g/mol. The van der Waals surface area contributed by atoms with Crippen molar-refractivity contribution < 1.29 is 32.3 Å². The monoisotopic (exact) mass is 427 g/mol. The van der Waals surface area contributed by atoms with Crippen molar-refractivity contribution in [3.05, 3.63) is 23.8 Å². The van der Waals surface area contributed by atoms with E-state index in [0.29, 0.717) is 44.4 Å². The van der Waals surface area contributed by atoms with Gasteiger partial charge < -0.3 is 20.3 Å². The summed E-state index contributed by atoms with van der Waals surface area (Å²) >= 11 is 0. The summed E-state index contributed by atoms with van der Waals surface area (Å²) < 4.78 is 42.5. The van der Waals surface area contributed by atoms with E-state index >= 15 is 0 Å². The maximum Gasteiger partial charge on any atom is 0.405 e. The summed E-state index contributed by atoms with van der Waals surface area (Å²) in [6, 6.07) is 4.53. The van der Waals surface area contributed by atoms with Gasteiger partial charge in [-0.3, -0.25) is 14.4 Å².